The van der Waals surface area contributed by atoms with Crippen LogP contribution in [-0.4, -0.2) is 68.3 Å². The van der Waals surface area contributed by atoms with E-state index >= 15 is 0 Å². The maximum absolute atomic E-state index is 13.3. The molecule has 6 nitrogen and oxygen atoms in total. The minimum atomic E-state index is -0.234. The molecule has 0 radical (unpaired) electrons. The monoisotopic (exact) mass is 440 g/mol. The number of hydrogen-bond donors (Lipinski definition) is 1. The van der Waals surface area contributed by atoms with E-state index in [1.165, 1.54) is 23.3 Å². The number of aliphatic imine (C=N–C) groups is 1. The molecule has 2 aliphatic heterocycles. The third-order valence-corrected chi connectivity index (χ3v) is 5.97. The van der Waals surface area contributed by atoms with Gasteiger partial charge in [-0.3, -0.25) is 9.89 Å². The first-order valence-electron chi connectivity index (χ1n) is 11.3. The average molecular weight is 441 g/mol. The van der Waals surface area contributed by atoms with Crippen molar-refractivity contribution in [3.05, 3.63) is 71.0 Å². The van der Waals surface area contributed by atoms with E-state index in [1.807, 2.05) is 7.05 Å². The molecule has 2 unspecified atom stereocenters. The first kappa shape index (κ1) is 22.7. The highest BCUT2D eigenvalue weighted by Gasteiger charge is 2.28. The van der Waals surface area contributed by atoms with Gasteiger partial charge in [0.15, 0.2) is 5.96 Å². The average Bonchev–Trinajstić information content (AvgIpc) is 2.80. The number of hydrogen-bond acceptors (Lipinski definition) is 4. The lowest BCUT2D eigenvalue weighted by Gasteiger charge is -2.38. The first-order valence-corrected chi connectivity index (χ1v) is 11.3. The molecule has 2 aliphatic rings. The van der Waals surface area contributed by atoms with E-state index in [0.29, 0.717) is 13.1 Å². The molecule has 0 spiro atoms. The van der Waals surface area contributed by atoms with Gasteiger partial charge in [0.1, 0.15) is 11.9 Å². The molecular weight excluding hydrogens is 407 g/mol. The molecule has 0 aromatic heterocycles. The SMILES string of the molecule is CN=C(NCc1cccc(CN2CCOCC2)c1)N1CC(C)OC(c2ccc(F)cc2)C1. The highest BCUT2D eigenvalue weighted by Crippen LogP contribution is 2.25. The number of ether oxygens (including phenoxy) is 2. The van der Waals surface area contributed by atoms with E-state index in [9.17, 15) is 4.39 Å². The molecule has 2 aromatic rings. The topological polar surface area (TPSA) is 49.3 Å². The summed E-state index contributed by atoms with van der Waals surface area (Å²) in [6.07, 6.45) is -0.0658. The minimum absolute atomic E-state index is 0.0502. The van der Waals surface area contributed by atoms with Gasteiger partial charge in [0, 0.05) is 39.8 Å². The lowest BCUT2D eigenvalue weighted by atomic mass is 10.1. The Hall–Kier alpha value is -2.48. The summed E-state index contributed by atoms with van der Waals surface area (Å²) in [6.45, 7) is 8.75. The van der Waals surface area contributed by atoms with Crippen molar-refractivity contribution in [1.29, 1.82) is 0 Å². The van der Waals surface area contributed by atoms with Crippen molar-refractivity contribution in [1.82, 2.24) is 15.1 Å². The molecule has 0 amide bonds. The van der Waals surface area contributed by atoms with Crippen LogP contribution in [0.1, 0.15) is 29.7 Å². The van der Waals surface area contributed by atoms with Crippen LogP contribution in [-0.2, 0) is 22.6 Å². The number of nitrogens with one attached hydrogen (secondary N) is 1. The summed E-state index contributed by atoms with van der Waals surface area (Å²) in [7, 11) is 1.81. The molecule has 0 aliphatic carbocycles. The van der Waals surface area contributed by atoms with Crippen LogP contribution in [0.3, 0.4) is 0 Å². The van der Waals surface area contributed by atoms with Crippen molar-refractivity contribution < 1.29 is 13.9 Å². The van der Waals surface area contributed by atoms with Crippen LogP contribution in [0, 0.1) is 5.82 Å². The van der Waals surface area contributed by atoms with E-state index in [4.69, 9.17) is 9.47 Å². The van der Waals surface area contributed by atoms with Crippen LogP contribution in [0.25, 0.3) is 0 Å². The predicted octanol–water partition coefficient (Wildman–Crippen LogP) is 3.20. The Labute approximate surface area is 190 Å². The highest BCUT2D eigenvalue weighted by molar-refractivity contribution is 5.80. The fourth-order valence-electron chi connectivity index (χ4n) is 4.35. The van der Waals surface area contributed by atoms with Gasteiger partial charge >= 0.3 is 0 Å². The number of rotatable bonds is 5. The molecule has 2 atom stereocenters. The van der Waals surface area contributed by atoms with Crippen LogP contribution in [0.5, 0.6) is 0 Å². The first-order chi connectivity index (χ1) is 15.6. The third kappa shape index (κ3) is 6.06. The second kappa shape index (κ2) is 10.9. The molecular formula is C25H33FN4O2. The Bertz CT molecular complexity index is 899. The Kier molecular flexibility index (Phi) is 7.73. The van der Waals surface area contributed by atoms with Crippen molar-refractivity contribution >= 4 is 5.96 Å². The zero-order chi connectivity index (χ0) is 22.3. The van der Waals surface area contributed by atoms with Crippen molar-refractivity contribution in [2.45, 2.75) is 32.2 Å². The van der Waals surface area contributed by atoms with Gasteiger partial charge in [0.2, 0.25) is 0 Å². The van der Waals surface area contributed by atoms with Gasteiger partial charge < -0.3 is 19.7 Å². The van der Waals surface area contributed by atoms with Gasteiger partial charge in [-0.05, 0) is 35.7 Å². The molecule has 4 rings (SSSR count). The van der Waals surface area contributed by atoms with E-state index in [0.717, 1.165) is 50.9 Å². The maximum Gasteiger partial charge on any atom is 0.194 e. The Morgan fingerprint density at radius 2 is 1.84 bits per heavy atom. The second-order valence-corrected chi connectivity index (χ2v) is 8.50. The van der Waals surface area contributed by atoms with Crippen molar-refractivity contribution in [2.24, 2.45) is 4.99 Å². The fourth-order valence-corrected chi connectivity index (χ4v) is 4.35. The highest BCUT2D eigenvalue weighted by atomic mass is 19.1. The van der Waals surface area contributed by atoms with E-state index in [-0.39, 0.29) is 18.0 Å². The summed E-state index contributed by atoms with van der Waals surface area (Å²) in [4.78, 5) is 9.17. The van der Waals surface area contributed by atoms with Crippen molar-refractivity contribution in [2.75, 3.05) is 46.4 Å². The van der Waals surface area contributed by atoms with Crippen LogP contribution in [0.2, 0.25) is 0 Å². The third-order valence-electron chi connectivity index (χ3n) is 5.97. The lowest BCUT2D eigenvalue weighted by molar-refractivity contribution is -0.0605. The molecule has 2 saturated heterocycles. The van der Waals surface area contributed by atoms with Gasteiger partial charge in [-0.1, -0.05) is 36.4 Å². The Morgan fingerprint density at radius 3 is 2.59 bits per heavy atom. The maximum atomic E-state index is 13.3. The number of morpholine rings is 2. The van der Waals surface area contributed by atoms with Gasteiger partial charge in [0.25, 0.3) is 0 Å². The summed E-state index contributed by atoms with van der Waals surface area (Å²) in [6, 6.07) is 15.3. The molecule has 1 N–H and O–H groups in total. The quantitative estimate of drug-likeness (QED) is 0.572. The Morgan fingerprint density at radius 1 is 1.09 bits per heavy atom. The number of guanidine groups is 1. The van der Waals surface area contributed by atoms with Gasteiger partial charge in [-0.25, -0.2) is 4.39 Å². The predicted molar refractivity (Wildman–Crippen MR) is 124 cm³/mol. The van der Waals surface area contributed by atoms with Gasteiger partial charge in [0.05, 0.1) is 25.9 Å². The van der Waals surface area contributed by atoms with Gasteiger partial charge in [-0.15, -0.1) is 0 Å². The van der Waals surface area contributed by atoms with E-state index in [2.05, 4.69) is 51.3 Å². The van der Waals surface area contributed by atoms with Gasteiger partial charge in [-0.2, -0.15) is 0 Å². The summed E-state index contributed by atoms with van der Waals surface area (Å²) in [5.41, 5.74) is 3.53. The summed E-state index contributed by atoms with van der Waals surface area (Å²) in [5, 5.41) is 3.51. The molecule has 2 aromatic carbocycles. The standard InChI is InChI=1S/C25H33FN4O2/c1-19-16-30(18-24(32-19)22-6-8-23(26)9-7-22)25(27-2)28-15-20-4-3-5-21(14-20)17-29-10-12-31-13-11-29/h3-9,14,19,24H,10-13,15-18H2,1-2H3,(H,27,28). The lowest BCUT2D eigenvalue weighted by Crippen LogP contribution is -2.50. The summed E-state index contributed by atoms with van der Waals surface area (Å²) in [5.74, 6) is 0.619. The molecule has 2 fully saturated rings. The smallest absolute Gasteiger partial charge is 0.194 e. The van der Waals surface area contributed by atoms with E-state index in [1.54, 1.807) is 12.1 Å². The normalized spacial score (nSPS) is 22.7. The number of nitrogens with zero attached hydrogens (tertiary/aromatic N) is 3. The second-order valence-electron chi connectivity index (χ2n) is 8.50. The molecule has 7 heteroatoms. The summed E-state index contributed by atoms with van der Waals surface area (Å²) < 4.78 is 24.9. The minimum Gasteiger partial charge on any atom is -0.379 e. The van der Waals surface area contributed by atoms with Crippen LogP contribution < -0.4 is 5.32 Å². The van der Waals surface area contributed by atoms with Crippen LogP contribution >= 0.6 is 0 Å². The zero-order valence-corrected chi connectivity index (χ0v) is 19.0. The fraction of sp³-hybridized carbons (Fsp3) is 0.480. The van der Waals surface area contributed by atoms with Crippen LogP contribution in [0.15, 0.2) is 53.5 Å². The van der Waals surface area contributed by atoms with E-state index < -0.39 is 0 Å². The van der Waals surface area contributed by atoms with Crippen molar-refractivity contribution in [3.8, 4) is 0 Å². The summed E-state index contributed by atoms with van der Waals surface area (Å²) >= 11 is 0. The largest absolute Gasteiger partial charge is 0.379 e. The Balaban J connectivity index is 1.36. The molecule has 172 valence electrons. The molecule has 32 heavy (non-hydrogen) atoms. The molecule has 0 saturated carbocycles. The zero-order valence-electron chi connectivity index (χ0n) is 19.0. The molecule has 0 bridgehead atoms. The van der Waals surface area contributed by atoms with Crippen molar-refractivity contribution in [3.63, 3.8) is 0 Å². The number of halogens is 1. The molecule has 2 heterocycles. The van der Waals surface area contributed by atoms with Crippen LogP contribution in [0.4, 0.5) is 4.39 Å². The number of benzene rings is 2.